The van der Waals surface area contributed by atoms with Crippen LogP contribution >= 0.6 is 11.6 Å². The molecule has 0 saturated carbocycles. The molecule has 1 unspecified atom stereocenters. The van der Waals surface area contributed by atoms with E-state index in [1.54, 1.807) is 24.3 Å². The van der Waals surface area contributed by atoms with Crippen LogP contribution in [0.25, 0.3) is 0 Å². The fourth-order valence-electron chi connectivity index (χ4n) is 1.96. The summed E-state index contributed by atoms with van der Waals surface area (Å²) in [4.78, 5) is 11.5. The highest BCUT2D eigenvalue weighted by atomic mass is 35.5. The summed E-state index contributed by atoms with van der Waals surface area (Å²) in [6, 6.07) is 5.69. The van der Waals surface area contributed by atoms with Crippen LogP contribution in [0, 0.1) is 0 Å². The second-order valence-corrected chi connectivity index (χ2v) is 4.77. The number of methoxy groups -OCH3 is 1. The Balaban J connectivity index is 2.15. The second-order valence-electron chi connectivity index (χ2n) is 4.38. The average Bonchev–Trinajstić information content (AvgIpc) is 2.41. The summed E-state index contributed by atoms with van der Waals surface area (Å²) in [5, 5.41) is 1.89. The number of hydrogen-bond donors (Lipinski definition) is 1. The summed E-state index contributed by atoms with van der Waals surface area (Å²) in [5.74, 6) is -0.507. The molecular weight excluding hydrogens is 309 g/mol. The van der Waals surface area contributed by atoms with Gasteiger partial charge < -0.3 is 10.1 Å². The van der Waals surface area contributed by atoms with E-state index in [2.05, 4.69) is 5.32 Å². The molecule has 0 fully saturated rings. The number of alkyl halides is 3. The fraction of sp³-hybridized carbons (Fsp3) is 0.308. The van der Waals surface area contributed by atoms with Crippen molar-refractivity contribution < 1.29 is 22.7 Å². The zero-order chi connectivity index (χ0) is 15.6. The third-order valence-electron chi connectivity index (χ3n) is 2.99. The smallest absolute Gasteiger partial charge is 0.492 e. The van der Waals surface area contributed by atoms with Crippen molar-refractivity contribution in [2.45, 2.75) is 18.8 Å². The highest BCUT2D eigenvalue weighted by Gasteiger charge is 2.47. The van der Waals surface area contributed by atoms with Gasteiger partial charge in [-0.15, -0.1) is 13.2 Å². The number of nitrogens with one attached hydrogen (secondary N) is 1. The number of halogens is 4. The Morgan fingerprint density at radius 1 is 1.33 bits per heavy atom. The van der Waals surface area contributed by atoms with Crippen molar-refractivity contribution in [1.29, 1.82) is 0 Å². The van der Waals surface area contributed by atoms with Crippen LogP contribution in [-0.4, -0.2) is 30.3 Å². The predicted molar refractivity (Wildman–Crippen MR) is 70.5 cm³/mol. The lowest BCUT2D eigenvalue weighted by Gasteiger charge is -2.32. The van der Waals surface area contributed by atoms with Gasteiger partial charge in [0, 0.05) is 12.6 Å². The summed E-state index contributed by atoms with van der Waals surface area (Å²) in [6.07, 6.45) is -3.76. The van der Waals surface area contributed by atoms with Crippen LogP contribution in [0.3, 0.4) is 0 Å². The standard InChI is InChI=1S/C13H12ClF3N2O2/c1-21-9-4-2-8(3-5-9)6-10-12(20)19(13(15,16)17)11(14)7-18-10/h2-5,7,10,18H,6H2,1H3. The molecule has 1 aromatic rings. The Morgan fingerprint density at radius 2 is 1.95 bits per heavy atom. The molecule has 8 heteroatoms. The summed E-state index contributed by atoms with van der Waals surface area (Å²) in [5.41, 5.74) is 0.704. The van der Waals surface area contributed by atoms with Crippen molar-refractivity contribution in [3.8, 4) is 5.75 Å². The van der Waals surface area contributed by atoms with Gasteiger partial charge in [0.25, 0.3) is 5.91 Å². The van der Waals surface area contributed by atoms with Gasteiger partial charge in [-0.05, 0) is 17.7 Å². The van der Waals surface area contributed by atoms with Gasteiger partial charge in [0.05, 0.1) is 7.11 Å². The first-order chi connectivity index (χ1) is 9.82. The molecule has 0 aliphatic carbocycles. The van der Waals surface area contributed by atoms with Crippen molar-refractivity contribution in [3.63, 3.8) is 0 Å². The molecular formula is C13H12ClF3N2O2. The number of rotatable bonds is 3. The van der Waals surface area contributed by atoms with Crippen LogP contribution < -0.4 is 10.1 Å². The first kappa shape index (κ1) is 15.5. The van der Waals surface area contributed by atoms with Gasteiger partial charge in [0.2, 0.25) is 0 Å². The second kappa shape index (κ2) is 5.85. The Hall–Kier alpha value is -1.89. The molecule has 114 valence electrons. The summed E-state index contributed by atoms with van der Waals surface area (Å²) in [6.45, 7) is 0. The first-order valence-corrected chi connectivity index (χ1v) is 6.36. The van der Waals surface area contributed by atoms with E-state index in [0.29, 0.717) is 11.3 Å². The molecule has 1 heterocycles. The van der Waals surface area contributed by atoms with Gasteiger partial charge in [-0.2, -0.15) is 0 Å². The number of hydrogen-bond acceptors (Lipinski definition) is 3. The number of carbonyl (C=O) groups excluding carboxylic acids is 1. The molecule has 2 rings (SSSR count). The highest BCUT2D eigenvalue weighted by Crippen LogP contribution is 2.30. The maximum Gasteiger partial charge on any atom is 0.492 e. The zero-order valence-corrected chi connectivity index (χ0v) is 11.7. The van der Waals surface area contributed by atoms with E-state index < -0.39 is 23.4 Å². The highest BCUT2D eigenvalue weighted by molar-refractivity contribution is 6.30. The van der Waals surface area contributed by atoms with Gasteiger partial charge in [-0.25, -0.2) is 4.90 Å². The lowest BCUT2D eigenvalue weighted by molar-refractivity contribution is -0.229. The van der Waals surface area contributed by atoms with Gasteiger partial charge >= 0.3 is 6.30 Å². The molecule has 1 aliphatic rings. The number of nitrogens with zero attached hydrogens (tertiary/aromatic N) is 1. The molecule has 0 radical (unpaired) electrons. The molecule has 1 amide bonds. The number of ether oxygens (including phenoxy) is 1. The lowest BCUT2D eigenvalue weighted by Crippen LogP contribution is -2.54. The Bertz CT molecular complexity index is 558. The van der Waals surface area contributed by atoms with Crippen LogP contribution in [-0.2, 0) is 11.2 Å². The minimum absolute atomic E-state index is 0.107. The third-order valence-corrected chi connectivity index (χ3v) is 3.27. The average molecular weight is 321 g/mol. The minimum Gasteiger partial charge on any atom is -0.497 e. The topological polar surface area (TPSA) is 41.6 Å². The van der Waals surface area contributed by atoms with Crippen LogP contribution in [0.5, 0.6) is 5.75 Å². The van der Waals surface area contributed by atoms with Crippen molar-refractivity contribution in [2.24, 2.45) is 0 Å². The molecule has 0 aromatic heterocycles. The lowest BCUT2D eigenvalue weighted by atomic mass is 10.0. The van der Waals surface area contributed by atoms with Crippen LogP contribution in [0.2, 0.25) is 0 Å². The van der Waals surface area contributed by atoms with Gasteiger partial charge in [0.1, 0.15) is 16.9 Å². The van der Waals surface area contributed by atoms with E-state index in [9.17, 15) is 18.0 Å². The normalized spacial score (nSPS) is 19.1. The molecule has 1 aliphatic heterocycles. The molecule has 0 saturated heterocycles. The van der Waals surface area contributed by atoms with Crippen molar-refractivity contribution >= 4 is 17.5 Å². The van der Waals surface area contributed by atoms with Crippen LogP contribution in [0.4, 0.5) is 13.2 Å². The SMILES string of the molecule is COc1ccc(CC2NC=C(Cl)N(C(F)(F)F)C2=O)cc1. The number of amides is 1. The van der Waals surface area contributed by atoms with E-state index in [-0.39, 0.29) is 11.3 Å². The van der Waals surface area contributed by atoms with Gasteiger partial charge in [-0.3, -0.25) is 4.79 Å². The molecule has 0 bridgehead atoms. The van der Waals surface area contributed by atoms with E-state index in [4.69, 9.17) is 16.3 Å². The summed E-state index contributed by atoms with van der Waals surface area (Å²) < 4.78 is 43.4. The molecule has 21 heavy (non-hydrogen) atoms. The molecule has 1 aromatic carbocycles. The van der Waals surface area contributed by atoms with Crippen LogP contribution in [0.1, 0.15) is 5.56 Å². The van der Waals surface area contributed by atoms with Gasteiger partial charge in [-0.1, -0.05) is 23.7 Å². The fourth-order valence-corrected chi connectivity index (χ4v) is 2.20. The number of benzene rings is 1. The summed E-state index contributed by atoms with van der Waals surface area (Å²) >= 11 is 5.44. The van der Waals surface area contributed by atoms with E-state index in [0.717, 1.165) is 6.20 Å². The Labute approximate surface area is 124 Å². The van der Waals surface area contributed by atoms with Crippen molar-refractivity contribution in [3.05, 3.63) is 41.2 Å². The van der Waals surface area contributed by atoms with E-state index >= 15 is 0 Å². The minimum atomic E-state index is -4.84. The zero-order valence-electron chi connectivity index (χ0n) is 10.9. The molecule has 1 N–H and O–H groups in total. The third kappa shape index (κ3) is 3.41. The quantitative estimate of drug-likeness (QED) is 0.870. The summed E-state index contributed by atoms with van der Waals surface area (Å²) in [7, 11) is 1.51. The monoisotopic (exact) mass is 320 g/mol. The molecule has 1 atom stereocenters. The van der Waals surface area contributed by atoms with Crippen molar-refractivity contribution in [2.75, 3.05) is 7.11 Å². The van der Waals surface area contributed by atoms with E-state index in [1.165, 1.54) is 7.11 Å². The van der Waals surface area contributed by atoms with E-state index in [1.807, 2.05) is 0 Å². The largest absolute Gasteiger partial charge is 0.497 e. The van der Waals surface area contributed by atoms with Gasteiger partial charge in [0.15, 0.2) is 0 Å². The Morgan fingerprint density at radius 3 is 2.48 bits per heavy atom. The molecule has 0 spiro atoms. The number of carbonyl (C=O) groups is 1. The Kier molecular flexibility index (Phi) is 4.32. The molecule has 4 nitrogen and oxygen atoms in total. The first-order valence-electron chi connectivity index (χ1n) is 5.98. The maximum absolute atomic E-state index is 12.8. The van der Waals surface area contributed by atoms with Crippen LogP contribution in [0.15, 0.2) is 35.6 Å². The predicted octanol–water partition coefficient (Wildman–Crippen LogP) is 2.60. The van der Waals surface area contributed by atoms with Crippen molar-refractivity contribution in [1.82, 2.24) is 10.2 Å². The maximum atomic E-state index is 12.8.